The summed E-state index contributed by atoms with van der Waals surface area (Å²) in [5.41, 5.74) is 0. The van der Waals surface area contributed by atoms with Crippen LogP contribution in [0, 0.1) is 5.92 Å². The van der Waals surface area contributed by atoms with Crippen LogP contribution >= 0.6 is 0 Å². The highest BCUT2D eigenvalue weighted by molar-refractivity contribution is 5.90. The van der Waals surface area contributed by atoms with Crippen molar-refractivity contribution in [3.8, 4) is 0 Å². The highest BCUT2D eigenvalue weighted by Crippen LogP contribution is 2.23. The summed E-state index contributed by atoms with van der Waals surface area (Å²) < 4.78 is 11.0. The Kier molecular flexibility index (Phi) is 5.26. The van der Waals surface area contributed by atoms with E-state index in [1.165, 1.54) is 12.8 Å². The Balaban J connectivity index is 2.19. The maximum atomic E-state index is 11.2. The number of Topliss-reactive ketones (excluding diaryl/α,β-unsaturated/α-hetero) is 1. The average molecular weight is 214 g/mol. The first-order valence-corrected chi connectivity index (χ1v) is 5.94. The van der Waals surface area contributed by atoms with E-state index in [0.29, 0.717) is 18.9 Å². The van der Waals surface area contributed by atoms with Crippen molar-refractivity contribution < 1.29 is 14.3 Å². The summed E-state index contributed by atoms with van der Waals surface area (Å²) in [6.07, 6.45) is 2.62. The molecular weight excluding hydrogens is 192 g/mol. The molecule has 0 aliphatic heterocycles. The van der Waals surface area contributed by atoms with Crippen molar-refractivity contribution >= 4 is 5.78 Å². The van der Waals surface area contributed by atoms with Crippen LogP contribution in [0.25, 0.3) is 0 Å². The van der Waals surface area contributed by atoms with E-state index in [9.17, 15) is 4.79 Å². The molecule has 0 saturated heterocycles. The normalized spacial score (nSPS) is 27.5. The number of carbonyl (C=O) groups excluding carboxylic acids is 1. The van der Waals surface area contributed by atoms with E-state index in [4.69, 9.17) is 9.47 Å². The van der Waals surface area contributed by atoms with Crippen LogP contribution in [0.2, 0.25) is 0 Å². The summed E-state index contributed by atoms with van der Waals surface area (Å²) in [7, 11) is 0. The third-order valence-corrected chi connectivity index (χ3v) is 2.78. The van der Waals surface area contributed by atoms with Gasteiger partial charge in [0.2, 0.25) is 0 Å². The van der Waals surface area contributed by atoms with Gasteiger partial charge < -0.3 is 9.47 Å². The highest BCUT2D eigenvalue weighted by Gasteiger charge is 2.41. The molecule has 3 heteroatoms. The van der Waals surface area contributed by atoms with Gasteiger partial charge in [-0.1, -0.05) is 20.3 Å². The summed E-state index contributed by atoms with van der Waals surface area (Å²) in [6, 6.07) is 0. The molecule has 0 aromatic heterocycles. The lowest BCUT2D eigenvalue weighted by Gasteiger charge is -2.34. The van der Waals surface area contributed by atoms with Crippen molar-refractivity contribution in [1.29, 1.82) is 0 Å². The van der Waals surface area contributed by atoms with E-state index in [2.05, 4.69) is 13.8 Å². The molecule has 1 aliphatic carbocycles. The maximum Gasteiger partial charge on any atom is 0.166 e. The Morgan fingerprint density at radius 1 is 1.40 bits per heavy atom. The summed E-state index contributed by atoms with van der Waals surface area (Å²) in [6.45, 7) is 7.59. The maximum absolute atomic E-state index is 11.2. The zero-order valence-corrected chi connectivity index (χ0v) is 9.99. The summed E-state index contributed by atoms with van der Waals surface area (Å²) in [5, 5.41) is 0. The summed E-state index contributed by atoms with van der Waals surface area (Å²) in [5.74, 6) is 0.762. The lowest BCUT2D eigenvalue weighted by atomic mass is 9.90. The number of rotatable bonds is 7. The topological polar surface area (TPSA) is 35.5 Å². The van der Waals surface area contributed by atoms with Crippen LogP contribution in [0.15, 0.2) is 0 Å². The van der Waals surface area contributed by atoms with Crippen molar-refractivity contribution in [3.05, 3.63) is 0 Å². The van der Waals surface area contributed by atoms with Gasteiger partial charge in [-0.05, 0) is 19.3 Å². The second-order valence-corrected chi connectivity index (χ2v) is 4.31. The van der Waals surface area contributed by atoms with Crippen molar-refractivity contribution in [2.24, 2.45) is 5.92 Å². The Morgan fingerprint density at radius 3 is 2.67 bits per heavy atom. The van der Waals surface area contributed by atoms with Crippen LogP contribution in [-0.2, 0) is 14.3 Å². The fourth-order valence-corrected chi connectivity index (χ4v) is 1.86. The van der Waals surface area contributed by atoms with Crippen LogP contribution in [0.5, 0.6) is 0 Å². The predicted molar refractivity (Wildman–Crippen MR) is 58.9 cm³/mol. The zero-order valence-electron chi connectivity index (χ0n) is 9.99. The van der Waals surface area contributed by atoms with Gasteiger partial charge in [0, 0.05) is 19.6 Å². The molecule has 0 bridgehead atoms. The predicted octanol–water partition coefficient (Wildman–Crippen LogP) is 2.19. The first-order valence-electron chi connectivity index (χ1n) is 5.94. The quantitative estimate of drug-likeness (QED) is 0.651. The summed E-state index contributed by atoms with van der Waals surface area (Å²) in [4.78, 5) is 11.2. The van der Waals surface area contributed by atoms with Gasteiger partial charge in [-0.15, -0.1) is 0 Å². The van der Waals surface area contributed by atoms with E-state index in [-0.39, 0.29) is 18.0 Å². The first kappa shape index (κ1) is 12.7. The molecule has 1 saturated carbocycles. The van der Waals surface area contributed by atoms with Crippen LogP contribution < -0.4 is 0 Å². The average Bonchev–Trinajstić information content (AvgIpc) is 2.21. The van der Waals surface area contributed by atoms with Gasteiger partial charge in [0.15, 0.2) is 5.78 Å². The second-order valence-electron chi connectivity index (χ2n) is 4.31. The lowest BCUT2D eigenvalue weighted by molar-refractivity contribution is -0.166. The van der Waals surface area contributed by atoms with E-state index in [1.54, 1.807) is 0 Å². The molecule has 0 aromatic carbocycles. The molecule has 0 spiro atoms. The van der Waals surface area contributed by atoms with E-state index in [1.807, 2.05) is 6.92 Å². The van der Waals surface area contributed by atoms with Crippen molar-refractivity contribution in [3.63, 3.8) is 0 Å². The molecule has 0 aromatic rings. The number of ether oxygens (including phenoxy) is 2. The number of ketones is 1. The van der Waals surface area contributed by atoms with Gasteiger partial charge in [-0.2, -0.15) is 0 Å². The minimum atomic E-state index is -0.288. The Hall–Kier alpha value is -0.410. The van der Waals surface area contributed by atoms with E-state index < -0.39 is 0 Å². The third-order valence-electron chi connectivity index (χ3n) is 2.78. The Morgan fingerprint density at radius 2 is 2.13 bits per heavy atom. The minimum Gasteiger partial charge on any atom is -0.374 e. The highest BCUT2D eigenvalue weighted by atomic mass is 16.5. The van der Waals surface area contributed by atoms with Crippen molar-refractivity contribution in [1.82, 2.24) is 0 Å². The smallest absolute Gasteiger partial charge is 0.166 e. The number of hydrogen-bond acceptors (Lipinski definition) is 3. The van der Waals surface area contributed by atoms with Crippen LogP contribution in [0.3, 0.4) is 0 Å². The monoisotopic (exact) mass is 214 g/mol. The Labute approximate surface area is 92.1 Å². The molecule has 0 radical (unpaired) electrons. The molecule has 3 unspecified atom stereocenters. The second kappa shape index (κ2) is 6.23. The molecule has 0 heterocycles. The van der Waals surface area contributed by atoms with Gasteiger partial charge in [0.25, 0.3) is 0 Å². The minimum absolute atomic E-state index is 0.0109. The van der Waals surface area contributed by atoms with Gasteiger partial charge in [-0.25, -0.2) is 0 Å². The van der Waals surface area contributed by atoms with Crippen LogP contribution in [0.4, 0.5) is 0 Å². The van der Waals surface area contributed by atoms with Crippen molar-refractivity contribution in [2.75, 3.05) is 13.2 Å². The molecule has 15 heavy (non-hydrogen) atoms. The van der Waals surface area contributed by atoms with Crippen LogP contribution in [-0.4, -0.2) is 31.2 Å². The van der Waals surface area contributed by atoms with Crippen LogP contribution in [0.1, 0.15) is 40.0 Å². The molecule has 88 valence electrons. The van der Waals surface area contributed by atoms with E-state index >= 15 is 0 Å². The molecule has 1 rings (SSSR count). The molecular formula is C12H22O3. The molecule has 1 aliphatic rings. The van der Waals surface area contributed by atoms with Crippen molar-refractivity contribution in [2.45, 2.75) is 52.2 Å². The largest absolute Gasteiger partial charge is 0.374 e. The fraction of sp³-hybridized carbons (Fsp3) is 0.917. The molecule has 1 fully saturated rings. The van der Waals surface area contributed by atoms with Gasteiger partial charge in [0.05, 0.1) is 6.10 Å². The molecule has 3 atom stereocenters. The Bertz CT molecular complexity index is 203. The number of carbonyl (C=O) groups is 1. The summed E-state index contributed by atoms with van der Waals surface area (Å²) >= 11 is 0. The molecule has 3 nitrogen and oxygen atoms in total. The van der Waals surface area contributed by atoms with E-state index in [0.717, 1.165) is 6.61 Å². The third kappa shape index (κ3) is 3.58. The fourth-order valence-electron chi connectivity index (χ4n) is 1.86. The SMILES string of the molecule is CCCC(C)COC1CC(=O)C1OCC. The zero-order chi connectivity index (χ0) is 11.3. The molecule has 0 amide bonds. The lowest BCUT2D eigenvalue weighted by Crippen LogP contribution is -2.50. The van der Waals surface area contributed by atoms with Gasteiger partial charge in [0.1, 0.15) is 6.10 Å². The number of hydrogen-bond donors (Lipinski definition) is 0. The first-order chi connectivity index (χ1) is 7.19. The standard InChI is InChI=1S/C12H22O3/c1-4-6-9(3)8-15-11-7-10(13)12(11)14-5-2/h9,11-12H,4-8H2,1-3H3. The molecule has 0 N–H and O–H groups in total. The van der Waals surface area contributed by atoms with Gasteiger partial charge >= 0.3 is 0 Å². The van der Waals surface area contributed by atoms with Gasteiger partial charge in [-0.3, -0.25) is 4.79 Å².